The van der Waals surface area contributed by atoms with Crippen molar-refractivity contribution in [1.82, 2.24) is 14.9 Å². The monoisotopic (exact) mass is 321 g/mol. The van der Waals surface area contributed by atoms with Crippen LogP contribution in [0.3, 0.4) is 0 Å². The first kappa shape index (κ1) is 15.0. The van der Waals surface area contributed by atoms with Gasteiger partial charge in [0.25, 0.3) is 5.56 Å². The van der Waals surface area contributed by atoms with Crippen molar-refractivity contribution in [2.24, 2.45) is 0 Å². The molecule has 2 aromatic heterocycles. The quantitative estimate of drug-likeness (QED) is 0.808. The Kier molecular flexibility index (Phi) is 3.68. The molecule has 0 atom stereocenters. The summed E-state index contributed by atoms with van der Waals surface area (Å²) < 4.78 is 5.43. The average molecular weight is 321 g/mol. The van der Waals surface area contributed by atoms with E-state index in [1.165, 1.54) is 6.33 Å². The highest BCUT2D eigenvalue weighted by Crippen LogP contribution is 2.30. The molecule has 0 bridgehead atoms. The second kappa shape index (κ2) is 5.39. The van der Waals surface area contributed by atoms with Gasteiger partial charge in [-0.1, -0.05) is 0 Å². The van der Waals surface area contributed by atoms with Crippen LogP contribution >= 0.6 is 11.3 Å². The molecule has 1 amide bonds. The van der Waals surface area contributed by atoms with Gasteiger partial charge >= 0.3 is 6.09 Å². The zero-order valence-electron chi connectivity index (χ0n) is 12.9. The maximum Gasteiger partial charge on any atom is 0.410 e. The fourth-order valence-corrected chi connectivity index (χ4v) is 3.79. The summed E-state index contributed by atoms with van der Waals surface area (Å²) in [6, 6.07) is 0. The smallest absolute Gasteiger partial charge is 0.410 e. The first-order valence-electron chi connectivity index (χ1n) is 7.31. The number of aromatic amines is 1. The van der Waals surface area contributed by atoms with Crippen LogP contribution in [0.2, 0.25) is 0 Å². The number of aromatic nitrogens is 2. The highest BCUT2D eigenvalue weighted by molar-refractivity contribution is 7.18. The number of hydrogen-bond acceptors (Lipinski definition) is 5. The lowest BCUT2D eigenvalue weighted by molar-refractivity contribution is 0.0259. The zero-order chi connectivity index (χ0) is 15.9. The molecule has 0 radical (unpaired) electrons. The molecule has 3 rings (SSSR count). The molecule has 0 aromatic carbocycles. The van der Waals surface area contributed by atoms with Crippen LogP contribution in [0, 0.1) is 0 Å². The van der Waals surface area contributed by atoms with Crippen molar-refractivity contribution in [3.8, 4) is 0 Å². The van der Waals surface area contributed by atoms with Gasteiger partial charge in [0.05, 0.1) is 11.7 Å². The molecular formula is C15H19N3O3S. The summed E-state index contributed by atoms with van der Waals surface area (Å²) in [6.07, 6.45) is 2.53. The normalized spacial score (nSPS) is 15.5. The SMILES string of the molecule is CC(C)(C)OC(=O)N1CCc2sc3nc[nH]c(=O)c3c2CC1. The minimum atomic E-state index is -0.498. The van der Waals surface area contributed by atoms with Crippen molar-refractivity contribution in [3.63, 3.8) is 0 Å². The van der Waals surface area contributed by atoms with Gasteiger partial charge in [0.1, 0.15) is 10.4 Å². The molecule has 1 aliphatic rings. The van der Waals surface area contributed by atoms with Gasteiger partial charge in [-0.2, -0.15) is 0 Å². The van der Waals surface area contributed by atoms with Gasteiger partial charge in [-0.15, -0.1) is 11.3 Å². The highest BCUT2D eigenvalue weighted by Gasteiger charge is 2.26. The number of nitrogens with one attached hydrogen (secondary N) is 1. The molecule has 2 aromatic rings. The summed E-state index contributed by atoms with van der Waals surface area (Å²) in [7, 11) is 0. The van der Waals surface area contributed by atoms with Crippen LogP contribution in [0.15, 0.2) is 11.1 Å². The Labute approximate surface area is 132 Å². The van der Waals surface area contributed by atoms with E-state index in [1.54, 1.807) is 16.2 Å². The Balaban J connectivity index is 1.85. The molecule has 0 spiro atoms. The van der Waals surface area contributed by atoms with Crippen molar-refractivity contribution >= 4 is 27.6 Å². The number of ether oxygens (including phenoxy) is 1. The number of amides is 1. The number of nitrogens with zero attached hydrogens (tertiary/aromatic N) is 2. The summed E-state index contributed by atoms with van der Waals surface area (Å²) in [5.41, 5.74) is 0.427. The topological polar surface area (TPSA) is 75.3 Å². The standard InChI is InChI=1S/C15H19N3O3S/c1-15(2,3)21-14(20)18-6-4-9-10(5-7-18)22-13-11(9)12(19)16-8-17-13/h8H,4-7H2,1-3H3,(H,16,17,19). The van der Waals surface area contributed by atoms with Crippen LogP contribution in [-0.2, 0) is 17.6 Å². The molecule has 22 heavy (non-hydrogen) atoms. The predicted molar refractivity (Wildman–Crippen MR) is 85.5 cm³/mol. The van der Waals surface area contributed by atoms with Crippen molar-refractivity contribution in [3.05, 3.63) is 27.1 Å². The Morgan fingerprint density at radius 2 is 2.09 bits per heavy atom. The van der Waals surface area contributed by atoms with E-state index >= 15 is 0 Å². The molecule has 1 N–H and O–H groups in total. The van der Waals surface area contributed by atoms with Crippen LogP contribution in [0.1, 0.15) is 31.2 Å². The maximum absolute atomic E-state index is 12.2. The average Bonchev–Trinajstić information content (AvgIpc) is 2.63. The minimum absolute atomic E-state index is 0.104. The molecule has 3 heterocycles. The van der Waals surface area contributed by atoms with Gasteiger partial charge in [0, 0.05) is 18.0 Å². The van der Waals surface area contributed by atoms with Gasteiger partial charge in [0.2, 0.25) is 0 Å². The zero-order valence-corrected chi connectivity index (χ0v) is 13.7. The number of carbonyl (C=O) groups is 1. The number of hydrogen-bond donors (Lipinski definition) is 1. The van der Waals surface area contributed by atoms with Crippen molar-refractivity contribution in [2.75, 3.05) is 13.1 Å². The first-order valence-corrected chi connectivity index (χ1v) is 8.12. The van der Waals surface area contributed by atoms with Crippen LogP contribution in [0.4, 0.5) is 4.79 Å². The van der Waals surface area contributed by atoms with Crippen molar-refractivity contribution < 1.29 is 9.53 Å². The lowest BCUT2D eigenvalue weighted by atomic mass is 10.1. The number of H-pyrrole nitrogens is 1. The number of fused-ring (bicyclic) bond motifs is 3. The first-order chi connectivity index (χ1) is 10.3. The summed E-state index contributed by atoms with van der Waals surface area (Å²) in [5, 5.41) is 0.675. The molecule has 0 aliphatic carbocycles. The van der Waals surface area contributed by atoms with Gasteiger partial charge < -0.3 is 14.6 Å². The van der Waals surface area contributed by atoms with E-state index in [-0.39, 0.29) is 11.7 Å². The lowest BCUT2D eigenvalue weighted by Gasteiger charge is -2.26. The van der Waals surface area contributed by atoms with E-state index in [0.717, 1.165) is 21.7 Å². The number of thiophene rings is 1. The van der Waals surface area contributed by atoms with E-state index < -0.39 is 5.60 Å². The van der Waals surface area contributed by atoms with E-state index in [9.17, 15) is 9.59 Å². The fourth-order valence-electron chi connectivity index (χ4n) is 2.62. The Hall–Kier alpha value is -1.89. The summed E-state index contributed by atoms with van der Waals surface area (Å²) >= 11 is 1.54. The van der Waals surface area contributed by atoms with Gasteiger partial charge in [-0.3, -0.25) is 4.79 Å². The third-order valence-electron chi connectivity index (χ3n) is 3.57. The molecule has 0 saturated carbocycles. The largest absolute Gasteiger partial charge is 0.444 e. The molecular weight excluding hydrogens is 302 g/mol. The minimum Gasteiger partial charge on any atom is -0.444 e. The second-order valence-electron chi connectivity index (χ2n) is 6.38. The van der Waals surface area contributed by atoms with Gasteiger partial charge in [-0.05, 0) is 39.2 Å². The molecule has 0 unspecified atom stereocenters. The fraction of sp³-hybridized carbons (Fsp3) is 0.533. The van der Waals surface area contributed by atoms with Crippen LogP contribution in [0.5, 0.6) is 0 Å². The summed E-state index contributed by atoms with van der Waals surface area (Å²) in [5.74, 6) is 0. The van der Waals surface area contributed by atoms with Crippen LogP contribution in [-0.4, -0.2) is 39.7 Å². The number of carbonyl (C=O) groups excluding carboxylic acids is 1. The highest BCUT2D eigenvalue weighted by atomic mass is 32.1. The maximum atomic E-state index is 12.2. The third-order valence-corrected chi connectivity index (χ3v) is 4.77. The Bertz CT molecular complexity index is 772. The third kappa shape index (κ3) is 2.85. The molecule has 7 heteroatoms. The Morgan fingerprint density at radius 1 is 1.36 bits per heavy atom. The van der Waals surface area contributed by atoms with Gasteiger partial charge in [0.15, 0.2) is 0 Å². The Morgan fingerprint density at radius 3 is 2.82 bits per heavy atom. The lowest BCUT2D eigenvalue weighted by Crippen LogP contribution is -2.38. The molecule has 0 saturated heterocycles. The van der Waals surface area contributed by atoms with E-state index in [4.69, 9.17) is 4.74 Å². The molecule has 6 nitrogen and oxygen atoms in total. The number of rotatable bonds is 0. The van der Waals surface area contributed by atoms with Crippen molar-refractivity contribution in [2.45, 2.75) is 39.2 Å². The van der Waals surface area contributed by atoms with Gasteiger partial charge in [-0.25, -0.2) is 9.78 Å². The van der Waals surface area contributed by atoms with Crippen molar-refractivity contribution in [1.29, 1.82) is 0 Å². The second-order valence-corrected chi connectivity index (χ2v) is 7.47. The van der Waals surface area contributed by atoms with Crippen LogP contribution < -0.4 is 5.56 Å². The molecule has 0 fully saturated rings. The molecule has 1 aliphatic heterocycles. The van der Waals surface area contributed by atoms with E-state index in [1.807, 2.05) is 20.8 Å². The van der Waals surface area contributed by atoms with E-state index in [2.05, 4.69) is 9.97 Å². The van der Waals surface area contributed by atoms with E-state index in [0.29, 0.717) is 24.9 Å². The van der Waals surface area contributed by atoms with Crippen LogP contribution in [0.25, 0.3) is 10.2 Å². The summed E-state index contributed by atoms with van der Waals surface area (Å²) in [6.45, 7) is 6.74. The molecule has 118 valence electrons. The summed E-state index contributed by atoms with van der Waals surface area (Å²) in [4.78, 5) is 34.7. The predicted octanol–water partition coefficient (Wildman–Crippen LogP) is 2.32.